The summed E-state index contributed by atoms with van der Waals surface area (Å²) in [5.41, 5.74) is 6.31. The van der Waals surface area contributed by atoms with Crippen molar-refractivity contribution in [3.05, 3.63) is 59.7 Å². The van der Waals surface area contributed by atoms with Gasteiger partial charge in [0, 0.05) is 61.4 Å². The van der Waals surface area contributed by atoms with Crippen molar-refractivity contribution in [1.29, 1.82) is 0 Å². The first-order valence-electron chi connectivity index (χ1n) is 22.4. The van der Waals surface area contributed by atoms with Crippen molar-refractivity contribution in [3.8, 4) is 0 Å². The molecule has 3 saturated heterocycles. The first-order chi connectivity index (χ1) is 27.2. The van der Waals surface area contributed by atoms with Gasteiger partial charge in [0.15, 0.2) is 6.67 Å². The van der Waals surface area contributed by atoms with E-state index in [0.717, 1.165) is 84.0 Å². The van der Waals surface area contributed by atoms with Gasteiger partial charge in [-0.05, 0) is 112 Å². The first-order valence-corrected chi connectivity index (χ1v) is 22.4. The minimum Gasteiger partial charge on any atom is -0.550 e. The van der Waals surface area contributed by atoms with E-state index in [1.807, 2.05) is 6.21 Å². The smallest absolute Gasteiger partial charge is 0.171 e. The number of carboxylic acid groups (broad SMARTS) is 1. The Morgan fingerprint density at radius 2 is 1.82 bits per heavy atom. The maximum atomic E-state index is 13.5. The Hall–Kier alpha value is -2.48. The minimum atomic E-state index is -1.50. The fourth-order valence-corrected chi connectivity index (χ4v) is 13.9. The fraction of sp³-hybridized carbons (Fsp3) is 0.739. The number of quaternary nitrogens is 1. The van der Waals surface area contributed by atoms with E-state index >= 15 is 0 Å². The molecule has 1 spiro atoms. The molecule has 1 saturated carbocycles. The number of aliphatic imine (C=N–C) groups is 1. The largest absolute Gasteiger partial charge is 0.550 e. The number of hydrogen-bond donors (Lipinski definition) is 7. The van der Waals surface area contributed by atoms with Crippen molar-refractivity contribution in [2.24, 2.45) is 45.7 Å². The van der Waals surface area contributed by atoms with Gasteiger partial charge in [-0.25, -0.2) is 4.99 Å². The lowest BCUT2D eigenvalue weighted by molar-refractivity contribution is -0.915. The second-order valence-corrected chi connectivity index (χ2v) is 20.5. The Labute approximate surface area is 339 Å². The molecule has 6 bridgehead atoms. The molecule has 3 aliphatic carbocycles. The maximum Gasteiger partial charge on any atom is 0.171 e. The molecule has 1 aromatic rings. The molecule has 5 aliphatic heterocycles. The lowest BCUT2D eigenvalue weighted by Crippen LogP contribution is -3.17. The van der Waals surface area contributed by atoms with Crippen LogP contribution in [0.5, 0.6) is 0 Å². The zero-order valence-electron chi connectivity index (χ0n) is 34.2. The van der Waals surface area contributed by atoms with Gasteiger partial charge in [-0.1, -0.05) is 55.0 Å². The van der Waals surface area contributed by atoms with Gasteiger partial charge in [0.1, 0.15) is 12.6 Å². The van der Waals surface area contributed by atoms with Crippen LogP contribution in [0.2, 0.25) is 0 Å². The van der Waals surface area contributed by atoms with Gasteiger partial charge < -0.3 is 41.2 Å². The number of nitrogens with two attached hydrogens (primary N) is 1. The maximum absolute atomic E-state index is 13.5. The summed E-state index contributed by atoms with van der Waals surface area (Å²) in [5.74, 6) is -1.02. The van der Waals surface area contributed by atoms with Crippen LogP contribution in [-0.4, -0.2) is 112 Å². The Balaban J connectivity index is 1.10. The van der Waals surface area contributed by atoms with Crippen LogP contribution in [0.15, 0.2) is 53.6 Å². The second-order valence-electron chi connectivity index (χ2n) is 20.5. The number of β-amino-alcohol motifs (C(OH)–C–C–N with tert-alkyl or cyclic N) is 1. The number of fused-ring (bicyclic) bond motifs is 9. The number of aliphatic hydroxyl groups is 3. The van der Waals surface area contributed by atoms with Crippen LogP contribution >= 0.6 is 0 Å². The Morgan fingerprint density at radius 3 is 2.61 bits per heavy atom. The number of nitrogens with one attached hydrogen (secondary N) is 3. The van der Waals surface area contributed by atoms with Gasteiger partial charge in [0.25, 0.3) is 0 Å². The quantitative estimate of drug-likeness (QED) is 0.220. The highest BCUT2D eigenvalue weighted by Crippen LogP contribution is 2.58. The predicted molar refractivity (Wildman–Crippen MR) is 218 cm³/mol. The third kappa shape index (κ3) is 7.51. The van der Waals surface area contributed by atoms with Crippen LogP contribution < -0.4 is 26.4 Å². The molecular weight excluding hydrogens is 717 g/mol. The van der Waals surface area contributed by atoms with E-state index in [0.29, 0.717) is 18.8 Å². The van der Waals surface area contributed by atoms with E-state index in [9.17, 15) is 25.2 Å². The Bertz CT molecular complexity index is 1750. The summed E-state index contributed by atoms with van der Waals surface area (Å²) in [6, 6.07) is 9.47. The molecule has 1 aromatic carbocycles. The van der Waals surface area contributed by atoms with Gasteiger partial charge in [-0.3, -0.25) is 10.2 Å². The van der Waals surface area contributed by atoms with Crippen LogP contribution in [0, 0.1) is 35.0 Å². The summed E-state index contributed by atoms with van der Waals surface area (Å²) >= 11 is 0. The van der Waals surface area contributed by atoms with E-state index in [1.165, 1.54) is 16.0 Å². The van der Waals surface area contributed by atoms with Crippen molar-refractivity contribution in [3.63, 3.8) is 0 Å². The van der Waals surface area contributed by atoms with Gasteiger partial charge in [-0.2, -0.15) is 0 Å². The molecule has 0 amide bonds. The number of piperidine rings is 3. The molecule has 57 heavy (non-hydrogen) atoms. The number of carboxylic acids is 1. The number of nitrogens with zero attached hydrogens (tertiary/aromatic N) is 2. The highest BCUT2D eigenvalue weighted by Gasteiger charge is 2.59. The summed E-state index contributed by atoms with van der Waals surface area (Å²) < 4.78 is 0. The highest BCUT2D eigenvalue weighted by atomic mass is 16.4. The van der Waals surface area contributed by atoms with Gasteiger partial charge >= 0.3 is 0 Å². The molecule has 11 nitrogen and oxygen atoms in total. The number of hydrogen-bond acceptors (Lipinski definition) is 10. The van der Waals surface area contributed by atoms with E-state index in [4.69, 9.17) is 5.73 Å². The highest BCUT2D eigenvalue weighted by molar-refractivity contribution is 5.66. The molecule has 8 N–H and O–H groups in total. The molecule has 11 heteroatoms. The molecular formula is C46H68N6O5. The number of aliphatic hydroxyl groups excluding tert-OH is 1. The van der Waals surface area contributed by atoms with Crippen molar-refractivity contribution < 1.29 is 30.1 Å². The minimum absolute atomic E-state index is 0.00587. The number of carbonyl (C=O) groups excluding carboxylic acids is 1. The number of allylic oxidation sites excluding steroid dienone is 2. The Morgan fingerprint density at radius 1 is 1.04 bits per heavy atom. The van der Waals surface area contributed by atoms with Gasteiger partial charge in [0.05, 0.1) is 35.7 Å². The van der Waals surface area contributed by atoms with Gasteiger partial charge in [0.2, 0.25) is 0 Å². The number of aliphatic carboxylic acids is 1. The number of benzene rings is 1. The van der Waals surface area contributed by atoms with E-state index in [-0.39, 0.29) is 66.0 Å². The molecule has 5 heterocycles. The van der Waals surface area contributed by atoms with E-state index < -0.39 is 35.2 Å². The van der Waals surface area contributed by atoms with Crippen LogP contribution in [0.1, 0.15) is 95.6 Å². The van der Waals surface area contributed by atoms with Crippen LogP contribution in [-0.2, 0) is 17.6 Å². The molecule has 0 radical (unpaired) electrons. The van der Waals surface area contributed by atoms with Gasteiger partial charge in [-0.15, -0.1) is 0 Å². The van der Waals surface area contributed by atoms with E-state index in [1.54, 1.807) is 0 Å². The summed E-state index contributed by atoms with van der Waals surface area (Å²) in [6.07, 6.45) is 20.5. The van der Waals surface area contributed by atoms with Crippen molar-refractivity contribution >= 4 is 12.2 Å². The van der Waals surface area contributed by atoms with Crippen LogP contribution in [0.4, 0.5) is 0 Å². The third-order valence-electron chi connectivity index (χ3n) is 17.0. The summed E-state index contributed by atoms with van der Waals surface area (Å²) in [6.45, 7) is 6.81. The second kappa shape index (κ2) is 15.2. The standard InChI is InChI=1S/C46H68N6O5/c1-29-40(53)20-38(51-16-15-48-28-51)39-23-46(57)35(26-52(29)39)9-8-32-12-14-44-13-4-7-33(44)10-11-34(21-44)45(56,25-42(54)55)27-49-43(2)22-36(50-41(47)24-43)18-30-5-3-6-31(17-30)19-37(32)46/h3,5-6,8-11,15,17,29,32-41,49-50,53,56-57H,4,7,12-14,16,18-28,47H2,1-2H3,(H,54,55)/t29-,32+,33-,34+,35+,36+,37-,38+,39+,40-,41-,43-,44+,45-,46+/m1/s1. The summed E-state index contributed by atoms with van der Waals surface area (Å²) in [7, 11) is 0. The lowest BCUT2D eigenvalue weighted by atomic mass is 9.57. The molecule has 9 rings (SSSR count). The summed E-state index contributed by atoms with van der Waals surface area (Å²) in [5, 5.41) is 56.9. The topological polar surface area (TPSA) is 171 Å². The molecule has 16 atom stereocenters. The third-order valence-corrected chi connectivity index (χ3v) is 17.0. The average Bonchev–Trinajstić information content (AvgIpc) is 3.85. The monoisotopic (exact) mass is 785 g/mol. The van der Waals surface area contributed by atoms with Crippen molar-refractivity contribution in [1.82, 2.24) is 15.5 Å². The lowest BCUT2D eigenvalue weighted by Gasteiger charge is -2.59. The first kappa shape index (κ1) is 40.0. The predicted octanol–water partition coefficient (Wildman–Crippen LogP) is 0.857. The average molecular weight is 785 g/mol. The Kier molecular flexibility index (Phi) is 10.7. The SMILES string of the molecule is C[C@@H]1[C@H](O)C[C@H]([NH+]2CC=NC2)[C@@H]2C[C@@]3(O)[C@@H]4Cc5cccc(c5)C[C@H]5C[C@](C)(C[C@H](N)N5)NC[C@](O)(CC(=O)[O-])[C@H]5C=C[C@H]6CCC[C@]6(CC[C@@H]4C=C[C@H]3CN12)C5. The zero-order valence-corrected chi connectivity index (χ0v) is 34.2. The molecule has 4 fully saturated rings. The zero-order chi connectivity index (χ0) is 39.7. The number of carbonyl (C=O) groups is 1. The van der Waals surface area contributed by atoms with Crippen LogP contribution in [0.25, 0.3) is 0 Å². The molecule has 1 unspecified atom stereocenters. The van der Waals surface area contributed by atoms with Crippen LogP contribution in [0.3, 0.4) is 0 Å². The van der Waals surface area contributed by atoms with Crippen molar-refractivity contribution in [2.45, 2.75) is 150 Å². The summed E-state index contributed by atoms with van der Waals surface area (Å²) in [4.78, 5) is 20.8. The van der Waals surface area contributed by atoms with E-state index in [2.05, 4.69) is 82.9 Å². The number of rotatable bonds is 3. The normalized spacial score (nSPS) is 48.5. The molecule has 8 aliphatic rings. The molecule has 312 valence electrons. The fourth-order valence-electron chi connectivity index (χ4n) is 13.9. The van der Waals surface area contributed by atoms with Crippen molar-refractivity contribution in [2.75, 3.05) is 26.3 Å². The molecule has 0 aromatic heterocycles.